The first kappa shape index (κ1) is 18.2. The molecular weight excluding hydrogens is 360 g/mol. The van der Waals surface area contributed by atoms with Gasteiger partial charge in [0.05, 0.1) is 0 Å². The maximum absolute atomic E-state index is 13.9. The molecule has 0 atom stereocenters. The highest BCUT2D eigenvalue weighted by Gasteiger charge is 2.21. The van der Waals surface area contributed by atoms with Crippen LogP contribution in [0, 0.1) is 18.6 Å². The molecule has 0 amide bonds. The molecule has 0 radical (unpaired) electrons. The number of rotatable bonds is 5. The van der Waals surface area contributed by atoms with Crippen LogP contribution in [-0.2, 0) is 25.8 Å². The van der Waals surface area contributed by atoms with Gasteiger partial charge in [-0.05, 0) is 79.1 Å². The minimum Gasteiger partial charge on any atom is -0.381 e. The van der Waals surface area contributed by atoms with Crippen molar-refractivity contribution in [2.24, 2.45) is 0 Å². The van der Waals surface area contributed by atoms with Crippen LogP contribution in [0.5, 0.6) is 0 Å². The van der Waals surface area contributed by atoms with E-state index in [0.29, 0.717) is 0 Å². The smallest absolute Gasteiger partial charge is 0.131 e. The summed E-state index contributed by atoms with van der Waals surface area (Å²) >= 11 is 1.93. The first-order chi connectivity index (χ1) is 13.1. The Kier molecular flexibility index (Phi) is 5.00. The number of hydrogen-bond donors (Lipinski definition) is 1. The molecular formula is C23H23F2NS. The van der Waals surface area contributed by atoms with E-state index in [1.165, 1.54) is 69.5 Å². The molecule has 1 heterocycles. The van der Waals surface area contributed by atoms with Crippen molar-refractivity contribution in [3.8, 4) is 11.1 Å². The largest absolute Gasteiger partial charge is 0.381 e. The third-order valence-corrected chi connectivity index (χ3v) is 6.60. The summed E-state index contributed by atoms with van der Waals surface area (Å²) in [7, 11) is 0. The molecule has 27 heavy (non-hydrogen) atoms. The third kappa shape index (κ3) is 3.39. The van der Waals surface area contributed by atoms with Crippen molar-refractivity contribution in [1.82, 2.24) is 0 Å². The standard InChI is InChI=1S/C23H23F2NS/c1-3-15-12-16(23-14(2)27-22-9-4-6-17(22)23)10-11-21(15)26-13-18-19(24)7-5-8-20(18)25/h5,7-8,10-12,26H,3-4,6,9,13H2,1-2H3. The van der Waals surface area contributed by atoms with Gasteiger partial charge in [-0.3, -0.25) is 0 Å². The Hall–Kier alpha value is -2.20. The van der Waals surface area contributed by atoms with Crippen LogP contribution in [0.2, 0.25) is 0 Å². The Morgan fingerprint density at radius 2 is 1.85 bits per heavy atom. The molecule has 2 aromatic carbocycles. The van der Waals surface area contributed by atoms with Crippen molar-refractivity contribution in [3.63, 3.8) is 0 Å². The van der Waals surface area contributed by atoms with Crippen molar-refractivity contribution < 1.29 is 8.78 Å². The highest BCUT2D eigenvalue weighted by Crippen LogP contribution is 2.42. The molecule has 1 aliphatic rings. The molecule has 4 rings (SSSR count). The lowest BCUT2D eigenvalue weighted by atomic mass is 9.97. The van der Waals surface area contributed by atoms with Gasteiger partial charge in [0, 0.05) is 27.5 Å². The zero-order chi connectivity index (χ0) is 19.0. The summed E-state index contributed by atoms with van der Waals surface area (Å²) in [5.41, 5.74) is 6.36. The van der Waals surface area contributed by atoms with Crippen molar-refractivity contribution in [2.75, 3.05) is 5.32 Å². The minimum atomic E-state index is -0.512. The molecule has 140 valence electrons. The zero-order valence-electron chi connectivity index (χ0n) is 15.7. The van der Waals surface area contributed by atoms with Gasteiger partial charge in [-0.15, -0.1) is 11.3 Å². The van der Waals surface area contributed by atoms with E-state index < -0.39 is 11.6 Å². The van der Waals surface area contributed by atoms with Crippen LogP contribution < -0.4 is 5.32 Å². The lowest BCUT2D eigenvalue weighted by Crippen LogP contribution is -2.06. The van der Waals surface area contributed by atoms with E-state index >= 15 is 0 Å². The molecule has 1 nitrogen and oxygen atoms in total. The molecule has 0 bridgehead atoms. The molecule has 1 aliphatic carbocycles. The Morgan fingerprint density at radius 3 is 2.59 bits per heavy atom. The van der Waals surface area contributed by atoms with Crippen LogP contribution in [0.4, 0.5) is 14.5 Å². The zero-order valence-corrected chi connectivity index (χ0v) is 16.5. The first-order valence-electron chi connectivity index (χ1n) is 9.49. The summed E-state index contributed by atoms with van der Waals surface area (Å²) in [5.74, 6) is -1.02. The number of hydrogen-bond acceptors (Lipinski definition) is 2. The normalized spacial score (nSPS) is 13.0. The van der Waals surface area contributed by atoms with Crippen molar-refractivity contribution >= 4 is 17.0 Å². The second-order valence-corrected chi connectivity index (χ2v) is 8.38. The number of nitrogens with one attached hydrogen (secondary N) is 1. The molecule has 3 aromatic rings. The SMILES string of the molecule is CCc1cc(-c2c(C)sc3c2CCC3)ccc1NCc1c(F)cccc1F. The van der Waals surface area contributed by atoms with E-state index in [1.807, 2.05) is 17.4 Å². The average Bonchev–Trinajstić information content (AvgIpc) is 3.21. The summed E-state index contributed by atoms with van der Waals surface area (Å²) in [6.45, 7) is 4.45. The van der Waals surface area contributed by atoms with E-state index in [0.717, 1.165) is 12.1 Å². The molecule has 1 N–H and O–H groups in total. The highest BCUT2D eigenvalue weighted by molar-refractivity contribution is 7.12. The van der Waals surface area contributed by atoms with Gasteiger partial charge in [0.15, 0.2) is 0 Å². The Morgan fingerprint density at radius 1 is 1.07 bits per heavy atom. The quantitative estimate of drug-likeness (QED) is 0.519. The van der Waals surface area contributed by atoms with Gasteiger partial charge in [0.1, 0.15) is 11.6 Å². The maximum atomic E-state index is 13.9. The highest BCUT2D eigenvalue weighted by atomic mass is 32.1. The molecule has 1 aromatic heterocycles. The van der Waals surface area contributed by atoms with Gasteiger partial charge < -0.3 is 5.32 Å². The summed E-state index contributed by atoms with van der Waals surface area (Å²) in [6.07, 6.45) is 4.49. The van der Waals surface area contributed by atoms with Crippen LogP contribution in [0.25, 0.3) is 11.1 Å². The Balaban J connectivity index is 1.63. The molecule has 0 unspecified atom stereocenters. The van der Waals surface area contributed by atoms with Gasteiger partial charge in [0.2, 0.25) is 0 Å². The average molecular weight is 384 g/mol. The van der Waals surface area contributed by atoms with E-state index in [4.69, 9.17) is 0 Å². The summed E-state index contributed by atoms with van der Waals surface area (Å²) < 4.78 is 27.8. The summed E-state index contributed by atoms with van der Waals surface area (Å²) in [6, 6.07) is 10.4. The lowest BCUT2D eigenvalue weighted by Gasteiger charge is -2.14. The van der Waals surface area contributed by atoms with E-state index in [-0.39, 0.29) is 12.1 Å². The summed E-state index contributed by atoms with van der Waals surface area (Å²) in [4.78, 5) is 2.92. The van der Waals surface area contributed by atoms with Crippen LogP contribution in [-0.4, -0.2) is 0 Å². The molecule has 0 saturated heterocycles. The molecule has 0 spiro atoms. The fourth-order valence-corrected chi connectivity index (χ4v) is 5.30. The van der Waals surface area contributed by atoms with Crippen LogP contribution in [0.1, 0.15) is 39.8 Å². The van der Waals surface area contributed by atoms with Crippen LogP contribution >= 0.6 is 11.3 Å². The van der Waals surface area contributed by atoms with E-state index in [9.17, 15) is 8.78 Å². The number of fused-ring (bicyclic) bond motifs is 1. The molecule has 0 fully saturated rings. The van der Waals surface area contributed by atoms with Gasteiger partial charge >= 0.3 is 0 Å². The number of thiophene rings is 1. The van der Waals surface area contributed by atoms with E-state index in [1.54, 1.807) is 0 Å². The van der Waals surface area contributed by atoms with Gasteiger partial charge in [-0.2, -0.15) is 0 Å². The van der Waals surface area contributed by atoms with Gasteiger partial charge in [-0.25, -0.2) is 8.78 Å². The van der Waals surface area contributed by atoms with Crippen molar-refractivity contribution in [2.45, 2.75) is 46.1 Å². The second-order valence-electron chi connectivity index (χ2n) is 7.07. The van der Waals surface area contributed by atoms with Crippen LogP contribution in [0.3, 0.4) is 0 Å². The summed E-state index contributed by atoms with van der Waals surface area (Å²) in [5, 5.41) is 3.22. The molecule has 4 heteroatoms. The third-order valence-electron chi connectivity index (χ3n) is 5.39. The predicted molar refractivity (Wildman–Crippen MR) is 110 cm³/mol. The monoisotopic (exact) mass is 383 g/mol. The Labute approximate surface area is 163 Å². The van der Waals surface area contributed by atoms with Crippen molar-refractivity contribution in [1.29, 1.82) is 0 Å². The minimum absolute atomic E-state index is 0.0788. The fraction of sp³-hybridized carbons (Fsp3) is 0.304. The topological polar surface area (TPSA) is 12.0 Å². The van der Waals surface area contributed by atoms with Gasteiger partial charge in [-0.1, -0.05) is 19.1 Å². The first-order valence-corrected chi connectivity index (χ1v) is 10.3. The maximum Gasteiger partial charge on any atom is 0.131 e. The number of benzene rings is 2. The van der Waals surface area contributed by atoms with Crippen molar-refractivity contribution in [3.05, 3.63) is 74.5 Å². The number of aryl methyl sites for hydroxylation is 3. The predicted octanol–water partition coefficient (Wildman–Crippen LogP) is 6.66. The van der Waals surface area contributed by atoms with E-state index in [2.05, 4.69) is 31.3 Å². The second kappa shape index (κ2) is 7.43. The lowest BCUT2D eigenvalue weighted by molar-refractivity contribution is 0.560. The molecule has 0 aliphatic heterocycles. The molecule has 0 saturated carbocycles. The Bertz CT molecular complexity index is 970. The van der Waals surface area contributed by atoms with Gasteiger partial charge in [0.25, 0.3) is 0 Å². The van der Waals surface area contributed by atoms with Crippen LogP contribution in [0.15, 0.2) is 36.4 Å². The number of halogens is 2. The fourth-order valence-electron chi connectivity index (χ4n) is 4.02. The number of anilines is 1.